The maximum Gasteiger partial charge on any atom is 0.338 e. The lowest BCUT2D eigenvalue weighted by atomic mass is 9.41. The highest BCUT2D eigenvalue weighted by Gasteiger charge is 2.78. The van der Waals surface area contributed by atoms with Crippen LogP contribution in [0.1, 0.15) is 70.7 Å². The number of rotatable bonds is 6. The zero-order valence-corrected chi connectivity index (χ0v) is 22.1. The smallest absolute Gasteiger partial charge is 0.338 e. The number of aliphatic hydroxyl groups is 1. The first-order valence-electron chi connectivity index (χ1n) is 13.0. The van der Waals surface area contributed by atoms with Crippen LogP contribution in [0.4, 0.5) is 0 Å². The second kappa shape index (κ2) is 8.67. The molecule has 4 aliphatic rings. The van der Waals surface area contributed by atoms with Gasteiger partial charge in [-0.25, -0.2) is 9.59 Å². The third kappa shape index (κ3) is 3.91. The highest BCUT2D eigenvalue weighted by Crippen LogP contribution is 2.71. The minimum atomic E-state index is -1.37. The summed E-state index contributed by atoms with van der Waals surface area (Å²) < 4.78 is 23.5. The number of carbonyl (C=O) groups is 3. The minimum Gasteiger partial charge on any atom is -0.462 e. The molecule has 8 atom stereocenters. The molecule has 8 heteroatoms. The van der Waals surface area contributed by atoms with Crippen LogP contribution < -0.4 is 0 Å². The lowest BCUT2D eigenvalue weighted by Crippen LogP contribution is -2.72. The van der Waals surface area contributed by atoms with Crippen LogP contribution >= 0.6 is 0 Å². The maximum absolute atomic E-state index is 13.2. The van der Waals surface area contributed by atoms with E-state index in [1.54, 1.807) is 31.2 Å². The molecule has 2 aliphatic carbocycles. The number of hydrogen-bond acceptors (Lipinski definition) is 8. The van der Waals surface area contributed by atoms with Crippen molar-refractivity contribution in [3.63, 3.8) is 0 Å². The fourth-order valence-corrected chi connectivity index (χ4v) is 7.52. The highest BCUT2D eigenvalue weighted by atomic mass is 16.6. The molecule has 1 aromatic rings. The number of esters is 3. The normalized spacial score (nSPS) is 41.0. The van der Waals surface area contributed by atoms with Crippen LogP contribution in [-0.4, -0.2) is 59.1 Å². The van der Waals surface area contributed by atoms with Crippen molar-refractivity contribution in [1.29, 1.82) is 0 Å². The molecule has 1 saturated heterocycles. The predicted octanol–water partition coefficient (Wildman–Crippen LogP) is 3.75. The Morgan fingerprint density at radius 1 is 1.14 bits per heavy atom. The molecular formula is C29H36O8. The standard InChI is InChI=1S/C29H36O8/c1-17(30)35-22(13-18-14-24(31)34-16-18)27(3)20-11-12-21-29(5,37-21)28(20,4)23(15-26(27,2)33)36-25(32)19-9-7-6-8-10-19/h6-10,14,20-23,33H,11-13,15-16H2,1-5H3. The summed E-state index contributed by atoms with van der Waals surface area (Å²) in [5, 5.41) is 12.2. The molecule has 1 N–H and O–H groups in total. The molecule has 0 amide bonds. The molecule has 2 heterocycles. The Morgan fingerprint density at radius 2 is 1.84 bits per heavy atom. The van der Waals surface area contributed by atoms with Gasteiger partial charge in [-0.2, -0.15) is 0 Å². The molecule has 2 aliphatic heterocycles. The maximum atomic E-state index is 13.2. The van der Waals surface area contributed by atoms with E-state index < -0.39 is 52.1 Å². The Labute approximate surface area is 217 Å². The zero-order valence-electron chi connectivity index (χ0n) is 22.1. The average Bonchev–Trinajstić information content (AvgIpc) is 3.37. The third-order valence-corrected chi connectivity index (χ3v) is 10.00. The first kappa shape index (κ1) is 25.9. The van der Waals surface area contributed by atoms with Crippen LogP contribution in [0.2, 0.25) is 0 Å². The lowest BCUT2D eigenvalue weighted by Gasteiger charge is -2.65. The van der Waals surface area contributed by atoms with Crippen LogP contribution in [-0.2, 0) is 28.5 Å². The summed E-state index contributed by atoms with van der Waals surface area (Å²) in [5.41, 5.74) is -2.36. The number of epoxide rings is 1. The molecule has 0 radical (unpaired) electrons. The van der Waals surface area contributed by atoms with Gasteiger partial charge in [0.25, 0.3) is 0 Å². The van der Waals surface area contributed by atoms with Crippen molar-refractivity contribution in [3.8, 4) is 0 Å². The van der Waals surface area contributed by atoms with E-state index in [2.05, 4.69) is 13.8 Å². The third-order valence-electron chi connectivity index (χ3n) is 10.00. The molecule has 2 saturated carbocycles. The summed E-state index contributed by atoms with van der Waals surface area (Å²) in [6.07, 6.45) is 2.02. The summed E-state index contributed by atoms with van der Waals surface area (Å²) >= 11 is 0. The van der Waals surface area contributed by atoms with Crippen LogP contribution in [0.5, 0.6) is 0 Å². The van der Waals surface area contributed by atoms with Crippen molar-refractivity contribution < 1.29 is 38.4 Å². The average molecular weight is 513 g/mol. The Kier molecular flexibility index (Phi) is 6.07. The van der Waals surface area contributed by atoms with E-state index >= 15 is 0 Å². The Balaban J connectivity index is 1.56. The molecule has 1 aromatic carbocycles. The molecule has 8 unspecified atom stereocenters. The highest BCUT2D eigenvalue weighted by molar-refractivity contribution is 5.89. The molecule has 0 spiro atoms. The first-order valence-corrected chi connectivity index (χ1v) is 13.0. The van der Waals surface area contributed by atoms with E-state index in [1.807, 2.05) is 13.0 Å². The number of carbonyl (C=O) groups excluding carboxylic acids is 3. The monoisotopic (exact) mass is 512 g/mol. The first-order chi connectivity index (χ1) is 17.3. The van der Waals surface area contributed by atoms with Crippen LogP contribution in [0.15, 0.2) is 42.0 Å². The van der Waals surface area contributed by atoms with Gasteiger partial charge in [-0.3, -0.25) is 4.79 Å². The lowest BCUT2D eigenvalue weighted by molar-refractivity contribution is -0.265. The summed E-state index contributed by atoms with van der Waals surface area (Å²) in [5.74, 6) is -1.55. The summed E-state index contributed by atoms with van der Waals surface area (Å²) in [6, 6.07) is 8.83. The van der Waals surface area contributed by atoms with Gasteiger partial charge in [-0.1, -0.05) is 32.0 Å². The molecule has 5 rings (SSSR count). The van der Waals surface area contributed by atoms with Gasteiger partial charge in [-0.05, 0) is 50.3 Å². The molecule has 0 bridgehead atoms. The largest absolute Gasteiger partial charge is 0.462 e. The molecule has 37 heavy (non-hydrogen) atoms. The van der Waals surface area contributed by atoms with Crippen LogP contribution in [0.25, 0.3) is 0 Å². The molecular weight excluding hydrogens is 476 g/mol. The van der Waals surface area contributed by atoms with Gasteiger partial charge < -0.3 is 24.1 Å². The van der Waals surface area contributed by atoms with E-state index in [1.165, 1.54) is 13.0 Å². The van der Waals surface area contributed by atoms with Crippen molar-refractivity contribution in [3.05, 3.63) is 47.5 Å². The van der Waals surface area contributed by atoms with E-state index in [9.17, 15) is 19.5 Å². The van der Waals surface area contributed by atoms with E-state index in [4.69, 9.17) is 18.9 Å². The quantitative estimate of drug-likeness (QED) is 0.349. The van der Waals surface area contributed by atoms with Crippen molar-refractivity contribution in [2.24, 2.45) is 16.7 Å². The van der Waals surface area contributed by atoms with Gasteiger partial charge in [0.05, 0.1) is 17.3 Å². The van der Waals surface area contributed by atoms with Gasteiger partial charge in [-0.15, -0.1) is 0 Å². The fraction of sp³-hybridized carbons (Fsp3) is 0.621. The number of fused-ring (bicyclic) bond motifs is 3. The van der Waals surface area contributed by atoms with E-state index in [0.717, 1.165) is 12.0 Å². The number of ether oxygens (including phenoxy) is 4. The number of benzene rings is 1. The fourth-order valence-electron chi connectivity index (χ4n) is 7.52. The minimum absolute atomic E-state index is 0.0368. The topological polar surface area (TPSA) is 112 Å². The zero-order chi connectivity index (χ0) is 26.8. The SMILES string of the molecule is CC(=O)OC(CC1=CC(=O)OC1)C1(C)C2CCC3OC3(C)C2(C)C(OC(=O)c2ccccc2)CC1(C)O. The van der Waals surface area contributed by atoms with E-state index in [-0.39, 0.29) is 31.5 Å². The summed E-state index contributed by atoms with van der Waals surface area (Å²) in [4.78, 5) is 37.3. The van der Waals surface area contributed by atoms with Gasteiger partial charge in [0.15, 0.2) is 0 Å². The molecule has 0 aromatic heterocycles. The Hall–Kier alpha value is -2.71. The summed E-state index contributed by atoms with van der Waals surface area (Å²) in [6.45, 7) is 9.32. The Morgan fingerprint density at radius 3 is 2.46 bits per heavy atom. The summed E-state index contributed by atoms with van der Waals surface area (Å²) in [7, 11) is 0. The van der Waals surface area contributed by atoms with Crippen LogP contribution in [0, 0.1) is 16.7 Å². The van der Waals surface area contributed by atoms with Crippen molar-refractivity contribution in [1.82, 2.24) is 0 Å². The molecule has 3 fully saturated rings. The van der Waals surface area contributed by atoms with Crippen molar-refractivity contribution in [2.75, 3.05) is 6.61 Å². The van der Waals surface area contributed by atoms with Gasteiger partial charge in [0.2, 0.25) is 0 Å². The Bertz CT molecular complexity index is 1140. The van der Waals surface area contributed by atoms with E-state index in [0.29, 0.717) is 12.0 Å². The second-order valence-electron chi connectivity index (χ2n) is 11.9. The number of hydrogen-bond donors (Lipinski definition) is 1. The van der Waals surface area contributed by atoms with Crippen molar-refractivity contribution >= 4 is 17.9 Å². The molecule has 200 valence electrons. The predicted molar refractivity (Wildman–Crippen MR) is 132 cm³/mol. The second-order valence-corrected chi connectivity index (χ2v) is 11.9. The van der Waals surface area contributed by atoms with Gasteiger partial charge >= 0.3 is 17.9 Å². The van der Waals surface area contributed by atoms with Gasteiger partial charge in [0.1, 0.15) is 24.4 Å². The van der Waals surface area contributed by atoms with Crippen LogP contribution in [0.3, 0.4) is 0 Å². The number of cyclic esters (lactones) is 1. The molecule has 8 nitrogen and oxygen atoms in total. The van der Waals surface area contributed by atoms with Gasteiger partial charge in [0, 0.05) is 36.7 Å². The van der Waals surface area contributed by atoms with Crippen molar-refractivity contribution in [2.45, 2.75) is 89.8 Å².